The molecule has 1 aromatic heterocycles. The standard InChI is InChI=1S/C25H31NO/c1-3-4-5-6-7-21-9-11-22(12-10-21)18-19-26-20(2)8-17-25(26)23-13-15-24(27)16-14-23/h8-17,27H,3-7,18-19H2,1-2H3. The van der Waals surface area contributed by atoms with Crippen LogP contribution in [0.5, 0.6) is 5.75 Å². The fraction of sp³-hybridized carbons (Fsp3) is 0.360. The molecule has 0 atom stereocenters. The lowest BCUT2D eigenvalue weighted by Crippen LogP contribution is -2.05. The summed E-state index contributed by atoms with van der Waals surface area (Å²) in [5.74, 6) is 0.309. The van der Waals surface area contributed by atoms with Crippen molar-refractivity contribution in [1.29, 1.82) is 0 Å². The Morgan fingerprint density at radius 1 is 0.741 bits per heavy atom. The Hall–Kier alpha value is -2.48. The van der Waals surface area contributed by atoms with E-state index in [0.717, 1.165) is 18.5 Å². The molecule has 0 saturated carbocycles. The minimum absolute atomic E-state index is 0.309. The molecule has 0 bridgehead atoms. The Bertz CT molecular complexity index is 828. The molecule has 0 aliphatic carbocycles. The number of aryl methyl sites for hydroxylation is 3. The van der Waals surface area contributed by atoms with Crippen molar-refractivity contribution >= 4 is 0 Å². The van der Waals surface area contributed by atoms with Crippen LogP contribution in [-0.2, 0) is 19.4 Å². The zero-order valence-electron chi connectivity index (χ0n) is 16.6. The monoisotopic (exact) mass is 361 g/mol. The lowest BCUT2D eigenvalue weighted by Gasteiger charge is -2.13. The van der Waals surface area contributed by atoms with Gasteiger partial charge in [-0.05, 0) is 79.3 Å². The van der Waals surface area contributed by atoms with Gasteiger partial charge in [0.25, 0.3) is 0 Å². The van der Waals surface area contributed by atoms with Crippen LogP contribution in [0.25, 0.3) is 11.3 Å². The predicted molar refractivity (Wildman–Crippen MR) is 114 cm³/mol. The van der Waals surface area contributed by atoms with Crippen LogP contribution >= 0.6 is 0 Å². The molecule has 2 heteroatoms. The second-order valence-electron chi connectivity index (χ2n) is 7.44. The van der Waals surface area contributed by atoms with Crippen LogP contribution in [0.1, 0.15) is 49.4 Å². The number of nitrogens with zero attached hydrogens (tertiary/aromatic N) is 1. The Kier molecular flexibility index (Phi) is 6.75. The van der Waals surface area contributed by atoms with Gasteiger partial charge < -0.3 is 9.67 Å². The summed E-state index contributed by atoms with van der Waals surface area (Å²) in [7, 11) is 0. The number of benzene rings is 2. The molecule has 0 amide bonds. The van der Waals surface area contributed by atoms with Gasteiger partial charge in [-0.1, -0.05) is 50.5 Å². The highest BCUT2D eigenvalue weighted by Gasteiger charge is 2.08. The Morgan fingerprint density at radius 3 is 2.07 bits per heavy atom. The van der Waals surface area contributed by atoms with E-state index in [0.29, 0.717) is 5.75 Å². The second-order valence-corrected chi connectivity index (χ2v) is 7.44. The molecule has 0 saturated heterocycles. The molecule has 27 heavy (non-hydrogen) atoms. The molecule has 0 fully saturated rings. The summed E-state index contributed by atoms with van der Waals surface area (Å²) in [6.07, 6.45) is 7.50. The number of phenolic OH excluding ortho intramolecular Hbond substituents is 1. The van der Waals surface area contributed by atoms with Crippen molar-refractivity contribution < 1.29 is 5.11 Å². The van der Waals surface area contributed by atoms with E-state index >= 15 is 0 Å². The van der Waals surface area contributed by atoms with Crippen LogP contribution in [0, 0.1) is 6.92 Å². The molecule has 0 aliphatic heterocycles. The molecule has 1 N–H and O–H groups in total. The third-order valence-corrected chi connectivity index (χ3v) is 5.33. The topological polar surface area (TPSA) is 25.2 Å². The van der Waals surface area contributed by atoms with Crippen molar-refractivity contribution in [2.45, 2.75) is 58.9 Å². The summed E-state index contributed by atoms with van der Waals surface area (Å²) >= 11 is 0. The molecule has 0 unspecified atom stereocenters. The largest absolute Gasteiger partial charge is 0.508 e. The molecule has 0 aliphatic rings. The van der Waals surface area contributed by atoms with Crippen molar-refractivity contribution in [3.8, 4) is 17.0 Å². The molecule has 142 valence electrons. The highest BCUT2D eigenvalue weighted by molar-refractivity contribution is 5.61. The average Bonchev–Trinajstić information content (AvgIpc) is 3.06. The van der Waals surface area contributed by atoms with Gasteiger partial charge in [-0.2, -0.15) is 0 Å². The van der Waals surface area contributed by atoms with E-state index in [9.17, 15) is 5.11 Å². The number of unbranched alkanes of at least 4 members (excludes halogenated alkanes) is 3. The van der Waals surface area contributed by atoms with Crippen LogP contribution in [0.4, 0.5) is 0 Å². The van der Waals surface area contributed by atoms with E-state index < -0.39 is 0 Å². The molecule has 3 rings (SSSR count). The van der Waals surface area contributed by atoms with E-state index in [1.54, 1.807) is 12.1 Å². The summed E-state index contributed by atoms with van der Waals surface area (Å²) in [4.78, 5) is 0. The zero-order valence-corrected chi connectivity index (χ0v) is 16.6. The van der Waals surface area contributed by atoms with Gasteiger partial charge in [-0.3, -0.25) is 0 Å². The van der Waals surface area contributed by atoms with Crippen LogP contribution in [0.2, 0.25) is 0 Å². The van der Waals surface area contributed by atoms with Crippen molar-refractivity contribution in [1.82, 2.24) is 4.57 Å². The van der Waals surface area contributed by atoms with Gasteiger partial charge in [0.1, 0.15) is 5.75 Å². The molecule has 2 aromatic carbocycles. The fourth-order valence-electron chi connectivity index (χ4n) is 3.62. The van der Waals surface area contributed by atoms with Gasteiger partial charge in [0, 0.05) is 17.9 Å². The van der Waals surface area contributed by atoms with E-state index in [1.165, 1.54) is 54.6 Å². The maximum atomic E-state index is 9.53. The minimum Gasteiger partial charge on any atom is -0.508 e. The van der Waals surface area contributed by atoms with Gasteiger partial charge in [0.05, 0.1) is 0 Å². The summed E-state index contributed by atoms with van der Waals surface area (Å²) in [5.41, 5.74) is 6.46. The summed E-state index contributed by atoms with van der Waals surface area (Å²) in [5, 5.41) is 9.53. The van der Waals surface area contributed by atoms with E-state index in [1.807, 2.05) is 12.1 Å². The van der Waals surface area contributed by atoms with Crippen LogP contribution in [-0.4, -0.2) is 9.67 Å². The molecular weight excluding hydrogens is 330 g/mol. The first-order valence-electron chi connectivity index (χ1n) is 10.2. The van der Waals surface area contributed by atoms with Crippen molar-refractivity contribution in [3.05, 3.63) is 77.5 Å². The Morgan fingerprint density at radius 2 is 1.41 bits per heavy atom. The molecule has 0 spiro atoms. The minimum atomic E-state index is 0.309. The Labute approximate surface area is 163 Å². The van der Waals surface area contributed by atoms with E-state index in [4.69, 9.17) is 0 Å². The van der Waals surface area contributed by atoms with Gasteiger partial charge in [-0.15, -0.1) is 0 Å². The lowest BCUT2D eigenvalue weighted by atomic mass is 10.0. The third kappa shape index (κ3) is 5.26. The maximum absolute atomic E-state index is 9.53. The summed E-state index contributed by atoms with van der Waals surface area (Å²) in [6.45, 7) is 5.38. The molecular formula is C25H31NO. The van der Waals surface area contributed by atoms with Crippen molar-refractivity contribution in [2.75, 3.05) is 0 Å². The zero-order chi connectivity index (χ0) is 19.1. The number of phenols is 1. The normalized spacial score (nSPS) is 11.0. The first-order chi connectivity index (χ1) is 13.2. The number of aromatic nitrogens is 1. The molecule has 2 nitrogen and oxygen atoms in total. The fourth-order valence-corrected chi connectivity index (χ4v) is 3.62. The highest BCUT2D eigenvalue weighted by Crippen LogP contribution is 2.25. The second kappa shape index (κ2) is 9.45. The third-order valence-electron chi connectivity index (χ3n) is 5.33. The van der Waals surface area contributed by atoms with Gasteiger partial charge >= 0.3 is 0 Å². The summed E-state index contributed by atoms with van der Waals surface area (Å²) in [6, 6.07) is 21.0. The molecule has 3 aromatic rings. The van der Waals surface area contributed by atoms with Crippen molar-refractivity contribution in [2.24, 2.45) is 0 Å². The highest BCUT2D eigenvalue weighted by atomic mass is 16.3. The van der Waals surface area contributed by atoms with Crippen molar-refractivity contribution in [3.63, 3.8) is 0 Å². The molecule has 0 radical (unpaired) electrons. The Balaban J connectivity index is 1.62. The van der Waals surface area contributed by atoms with Gasteiger partial charge in [-0.25, -0.2) is 0 Å². The summed E-state index contributed by atoms with van der Waals surface area (Å²) < 4.78 is 2.37. The predicted octanol–water partition coefficient (Wildman–Crippen LogP) is 6.53. The number of hydrogen-bond donors (Lipinski definition) is 1. The van der Waals surface area contributed by atoms with Gasteiger partial charge in [0.2, 0.25) is 0 Å². The van der Waals surface area contributed by atoms with Crippen LogP contribution in [0.15, 0.2) is 60.7 Å². The first-order valence-corrected chi connectivity index (χ1v) is 10.2. The van der Waals surface area contributed by atoms with Gasteiger partial charge in [0.15, 0.2) is 0 Å². The van der Waals surface area contributed by atoms with Crippen LogP contribution < -0.4 is 0 Å². The van der Waals surface area contributed by atoms with E-state index in [-0.39, 0.29) is 0 Å². The number of hydrogen-bond acceptors (Lipinski definition) is 1. The van der Waals surface area contributed by atoms with E-state index in [2.05, 4.69) is 54.8 Å². The lowest BCUT2D eigenvalue weighted by molar-refractivity contribution is 0.475. The average molecular weight is 362 g/mol. The number of rotatable bonds is 9. The first kappa shape index (κ1) is 19.3. The number of aromatic hydroxyl groups is 1. The maximum Gasteiger partial charge on any atom is 0.115 e. The quantitative estimate of drug-likeness (QED) is 0.430. The smallest absolute Gasteiger partial charge is 0.115 e. The SMILES string of the molecule is CCCCCCc1ccc(CCn2c(C)ccc2-c2ccc(O)cc2)cc1. The molecule has 1 heterocycles. The van der Waals surface area contributed by atoms with Crippen LogP contribution in [0.3, 0.4) is 0 Å².